The summed E-state index contributed by atoms with van der Waals surface area (Å²) in [6.07, 6.45) is 2.92. The Morgan fingerprint density at radius 1 is 1.14 bits per heavy atom. The monoisotopic (exact) mass is 297 g/mol. The van der Waals surface area contributed by atoms with E-state index in [2.05, 4.69) is 28.1 Å². The van der Waals surface area contributed by atoms with E-state index in [0.29, 0.717) is 6.42 Å². The predicted molar refractivity (Wildman–Crippen MR) is 91.5 cm³/mol. The molecule has 0 spiro atoms. The summed E-state index contributed by atoms with van der Waals surface area (Å²) in [5.74, 6) is 0.812. The molecule has 1 amide bonds. The fraction of sp³-hybridized carbons (Fsp3) is 0.333. The number of carbonyl (C=O) groups is 1. The molecule has 0 saturated carbocycles. The van der Waals surface area contributed by atoms with Gasteiger partial charge in [0.2, 0.25) is 5.91 Å². The lowest BCUT2D eigenvalue weighted by Gasteiger charge is -2.18. The van der Waals surface area contributed by atoms with Gasteiger partial charge in [0.15, 0.2) is 0 Å². The molecule has 1 aromatic heterocycles. The molecule has 22 heavy (non-hydrogen) atoms. The van der Waals surface area contributed by atoms with Gasteiger partial charge in [-0.1, -0.05) is 18.2 Å². The van der Waals surface area contributed by atoms with Crippen molar-refractivity contribution in [1.82, 2.24) is 4.98 Å². The van der Waals surface area contributed by atoms with Crippen LogP contribution in [-0.2, 0) is 11.2 Å². The van der Waals surface area contributed by atoms with Crippen LogP contribution in [0.25, 0.3) is 0 Å². The number of aromatic nitrogens is 1. The zero-order valence-corrected chi connectivity index (χ0v) is 13.7. The molecule has 0 aliphatic heterocycles. The van der Waals surface area contributed by atoms with Gasteiger partial charge in [-0.05, 0) is 42.7 Å². The molecule has 2 rings (SSSR count). The third-order valence-electron chi connectivity index (χ3n) is 3.73. The molecule has 0 bridgehead atoms. The van der Waals surface area contributed by atoms with Gasteiger partial charge in [0.1, 0.15) is 5.82 Å². The van der Waals surface area contributed by atoms with Gasteiger partial charge in [-0.3, -0.25) is 9.69 Å². The third kappa shape index (κ3) is 3.85. The normalized spacial score (nSPS) is 10.4. The van der Waals surface area contributed by atoms with Crippen LogP contribution >= 0.6 is 0 Å². The highest BCUT2D eigenvalue weighted by Crippen LogP contribution is 2.17. The standard InChI is InChI=1S/C18H23N3O/c1-14-7-6-12-19-18(14)21(4)17(22)11-10-15-8-5-9-16(13-15)20(2)3/h5-9,12-13H,10-11H2,1-4H3. The van der Waals surface area contributed by atoms with E-state index >= 15 is 0 Å². The predicted octanol–water partition coefficient (Wildman–Crippen LogP) is 3.05. The topological polar surface area (TPSA) is 36.4 Å². The van der Waals surface area contributed by atoms with E-state index < -0.39 is 0 Å². The molecule has 0 unspecified atom stereocenters. The fourth-order valence-corrected chi connectivity index (χ4v) is 2.36. The number of anilines is 2. The number of amides is 1. The maximum absolute atomic E-state index is 12.4. The van der Waals surface area contributed by atoms with Gasteiger partial charge >= 0.3 is 0 Å². The first kappa shape index (κ1) is 16.0. The van der Waals surface area contributed by atoms with Gasteiger partial charge in [0.05, 0.1) is 0 Å². The summed E-state index contributed by atoms with van der Waals surface area (Å²) in [6.45, 7) is 1.96. The van der Waals surface area contributed by atoms with Crippen molar-refractivity contribution < 1.29 is 4.79 Å². The Kier molecular flexibility index (Phi) is 5.15. The summed E-state index contributed by atoms with van der Waals surface area (Å²) in [4.78, 5) is 20.4. The van der Waals surface area contributed by atoms with Crippen molar-refractivity contribution in [3.63, 3.8) is 0 Å². The minimum Gasteiger partial charge on any atom is -0.378 e. The van der Waals surface area contributed by atoms with Crippen LogP contribution in [0.15, 0.2) is 42.6 Å². The summed E-state index contributed by atoms with van der Waals surface area (Å²) in [7, 11) is 5.82. The Balaban J connectivity index is 2.01. The van der Waals surface area contributed by atoms with Crippen molar-refractivity contribution in [2.24, 2.45) is 0 Å². The Morgan fingerprint density at radius 2 is 1.91 bits per heavy atom. The average molecular weight is 297 g/mol. The lowest BCUT2D eigenvalue weighted by atomic mass is 10.1. The molecule has 1 heterocycles. The lowest BCUT2D eigenvalue weighted by Crippen LogP contribution is -2.28. The molecule has 116 valence electrons. The zero-order chi connectivity index (χ0) is 16.1. The Bertz CT molecular complexity index is 652. The number of rotatable bonds is 5. The fourth-order valence-electron chi connectivity index (χ4n) is 2.36. The van der Waals surface area contributed by atoms with Gasteiger partial charge in [-0.25, -0.2) is 4.98 Å². The van der Waals surface area contributed by atoms with Crippen molar-refractivity contribution in [3.05, 3.63) is 53.7 Å². The van der Waals surface area contributed by atoms with Crippen LogP contribution in [0.1, 0.15) is 17.5 Å². The van der Waals surface area contributed by atoms with Crippen LogP contribution in [0.3, 0.4) is 0 Å². The van der Waals surface area contributed by atoms with Crippen molar-refractivity contribution in [3.8, 4) is 0 Å². The molecule has 0 fully saturated rings. The van der Waals surface area contributed by atoms with E-state index in [4.69, 9.17) is 0 Å². The van der Waals surface area contributed by atoms with Crippen LogP contribution in [0.4, 0.5) is 11.5 Å². The van der Waals surface area contributed by atoms with E-state index in [1.165, 1.54) is 5.56 Å². The molecule has 4 heteroatoms. The van der Waals surface area contributed by atoms with Crippen LogP contribution in [0, 0.1) is 6.92 Å². The highest BCUT2D eigenvalue weighted by Gasteiger charge is 2.14. The molecule has 0 aliphatic rings. The van der Waals surface area contributed by atoms with Crippen molar-refractivity contribution in [1.29, 1.82) is 0 Å². The maximum atomic E-state index is 12.4. The summed E-state index contributed by atoms with van der Waals surface area (Å²) in [6, 6.07) is 12.1. The van der Waals surface area contributed by atoms with Crippen molar-refractivity contribution >= 4 is 17.4 Å². The van der Waals surface area contributed by atoms with Crippen LogP contribution in [-0.4, -0.2) is 32.0 Å². The summed E-state index contributed by atoms with van der Waals surface area (Å²) < 4.78 is 0. The minimum absolute atomic E-state index is 0.0806. The SMILES string of the molecule is Cc1cccnc1N(C)C(=O)CCc1cccc(N(C)C)c1. The lowest BCUT2D eigenvalue weighted by molar-refractivity contribution is -0.118. The highest BCUT2D eigenvalue weighted by molar-refractivity contribution is 5.92. The molecule has 2 aromatic rings. The van der Waals surface area contributed by atoms with E-state index in [1.54, 1.807) is 18.1 Å². The maximum Gasteiger partial charge on any atom is 0.228 e. The second-order valence-corrected chi connectivity index (χ2v) is 5.66. The van der Waals surface area contributed by atoms with Gasteiger partial charge in [0, 0.05) is 39.4 Å². The second-order valence-electron chi connectivity index (χ2n) is 5.66. The molecule has 4 nitrogen and oxygen atoms in total. The molecular formula is C18H23N3O. The first-order chi connectivity index (χ1) is 10.5. The average Bonchev–Trinajstić information content (AvgIpc) is 2.52. The van der Waals surface area contributed by atoms with E-state index in [9.17, 15) is 4.79 Å². The van der Waals surface area contributed by atoms with Gasteiger partial charge < -0.3 is 4.90 Å². The van der Waals surface area contributed by atoms with E-state index in [1.807, 2.05) is 39.2 Å². The highest BCUT2D eigenvalue weighted by atomic mass is 16.2. The molecule has 0 atom stereocenters. The van der Waals surface area contributed by atoms with Gasteiger partial charge in [-0.15, -0.1) is 0 Å². The number of carbonyl (C=O) groups excluding carboxylic acids is 1. The summed E-state index contributed by atoms with van der Waals surface area (Å²) >= 11 is 0. The summed E-state index contributed by atoms with van der Waals surface area (Å²) in [5, 5.41) is 0. The molecule has 0 saturated heterocycles. The number of hydrogen-bond donors (Lipinski definition) is 0. The Morgan fingerprint density at radius 3 is 2.59 bits per heavy atom. The number of hydrogen-bond acceptors (Lipinski definition) is 3. The quantitative estimate of drug-likeness (QED) is 0.851. The van der Waals surface area contributed by atoms with Crippen molar-refractivity contribution in [2.75, 3.05) is 30.9 Å². The minimum atomic E-state index is 0.0806. The van der Waals surface area contributed by atoms with Crippen LogP contribution in [0.2, 0.25) is 0 Å². The third-order valence-corrected chi connectivity index (χ3v) is 3.73. The molecule has 0 radical (unpaired) electrons. The number of nitrogens with zero attached hydrogens (tertiary/aromatic N) is 3. The van der Waals surface area contributed by atoms with E-state index in [0.717, 1.165) is 23.5 Å². The largest absolute Gasteiger partial charge is 0.378 e. The molecular weight excluding hydrogens is 274 g/mol. The van der Waals surface area contributed by atoms with Gasteiger partial charge in [0.25, 0.3) is 0 Å². The van der Waals surface area contributed by atoms with Crippen molar-refractivity contribution in [2.45, 2.75) is 19.8 Å². The first-order valence-corrected chi connectivity index (χ1v) is 7.43. The zero-order valence-electron chi connectivity index (χ0n) is 13.7. The molecule has 1 aromatic carbocycles. The number of pyridine rings is 1. The number of benzene rings is 1. The number of aryl methyl sites for hydroxylation is 2. The van der Waals surface area contributed by atoms with Crippen LogP contribution in [0.5, 0.6) is 0 Å². The molecule has 0 N–H and O–H groups in total. The Labute approximate surface area is 132 Å². The van der Waals surface area contributed by atoms with Gasteiger partial charge in [-0.2, -0.15) is 0 Å². The smallest absolute Gasteiger partial charge is 0.228 e. The van der Waals surface area contributed by atoms with E-state index in [-0.39, 0.29) is 5.91 Å². The Hall–Kier alpha value is -2.36. The first-order valence-electron chi connectivity index (χ1n) is 7.43. The second kappa shape index (κ2) is 7.07. The summed E-state index contributed by atoms with van der Waals surface area (Å²) in [5.41, 5.74) is 3.33. The van der Waals surface area contributed by atoms with Crippen LogP contribution < -0.4 is 9.80 Å². The molecule has 0 aliphatic carbocycles.